The Kier molecular flexibility index (Phi) is 5.67. The van der Waals surface area contributed by atoms with Crippen LogP contribution in [-0.2, 0) is 18.3 Å². The molecule has 0 atom stereocenters. The molecule has 1 saturated heterocycles. The Hall–Kier alpha value is -3.39. The standard InChI is InChI=1S/C19H21N7O3S/c1-25-15(23-24-19(25)30)4-7-21-16(27)12-5-8-26(9-6-12)18-13(11-20)22-17(29-18)14-3-2-10-28-14/h2-3,10,12H,4-9H2,1H3,(H,21,27)(H,24,30). The zero-order valence-electron chi connectivity index (χ0n) is 16.4. The number of nitriles is 1. The number of furan rings is 1. The Morgan fingerprint density at radius 1 is 1.47 bits per heavy atom. The molecule has 1 aliphatic heterocycles. The summed E-state index contributed by atoms with van der Waals surface area (Å²) in [5.74, 6) is 1.92. The first-order valence-electron chi connectivity index (χ1n) is 9.64. The van der Waals surface area contributed by atoms with Crippen LogP contribution in [0, 0.1) is 22.0 Å². The van der Waals surface area contributed by atoms with Crippen molar-refractivity contribution in [2.45, 2.75) is 19.3 Å². The number of carbonyl (C=O) groups excluding carboxylic acids is 1. The van der Waals surface area contributed by atoms with Gasteiger partial charge in [-0.05, 0) is 37.2 Å². The van der Waals surface area contributed by atoms with E-state index in [0.717, 1.165) is 5.82 Å². The second-order valence-corrected chi connectivity index (χ2v) is 7.45. The molecule has 4 rings (SSSR count). The molecule has 3 aromatic heterocycles. The van der Waals surface area contributed by atoms with Gasteiger partial charge < -0.3 is 23.6 Å². The topological polar surface area (TPSA) is 129 Å². The third kappa shape index (κ3) is 3.99. The van der Waals surface area contributed by atoms with E-state index in [2.05, 4.69) is 26.6 Å². The smallest absolute Gasteiger partial charge is 0.266 e. The lowest BCUT2D eigenvalue weighted by Gasteiger charge is -2.30. The number of rotatable bonds is 6. The highest BCUT2D eigenvalue weighted by molar-refractivity contribution is 7.71. The molecule has 30 heavy (non-hydrogen) atoms. The van der Waals surface area contributed by atoms with Crippen molar-refractivity contribution in [1.82, 2.24) is 25.1 Å². The van der Waals surface area contributed by atoms with Crippen LogP contribution < -0.4 is 10.2 Å². The number of carbonyl (C=O) groups is 1. The molecular weight excluding hydrogens is 406 g/mol. The molecule has 0 unspecified atom stereocenters. The van der Waals surface area contributed by atoms with E-state index in [4.69, 9.17) is 21.1 Å². The number of anilines is 1. The number of H-pyrrole nitrogens is 1. The van der Waals surface area contributed by atoms with Crippen molar-refractivity contribution in [1.29, 1.82) is 5.26 Å². The molecule has 1 aliphatic rings. The molecule has 10 nitrogen and oxygen atoms in total. The van der Waals surface area contributed by atoms with E-state index in [1.807, 2.05) is 11.9 Å². The summed E-state index contributed by atoms with van der Waals surface area (Å²) < 4.78 is 13.4. The van der Waals surface area contributed by atoms with Crippen LogP contribution in [0.1, 0.15) is 24.4 Å². The fourth-order valence-corrected chi connectivity index (χ4v) is 3.65. The van der Waals surface area contributed by atoms with Gasteiger partial charge in [0.1, 0.15) is 11.9 Å². The molecule has 0 radical (unpaired) electrons. The number of amides is 1. The minimum atomic E-state index is -0.0818. The summed E-state index contributed by atoms with van der Waals surface area (Å²) in [6.07, 6.45) is 3.46. The molecule has 0 aliphatic carbocycles. The Balaban J connectivity index is 1.31. The summed E-state index contributed by atoms with van der Waals surface area (Å²) in [7, 11) is 1.84. The Morgan fingerprint density at radius 3 is 2.90 bits per heavy atom. The van der Waals surface area contributed by atoms with Crippen molar-refractivity contribution in [3.63, 3.8) is 0 Å². The highest BCUT2D eigenvalue weighted by Crippen LogP contribution is 2.31. The maximum Gasteiger partial charge on any atom is 0.266 e. The first-order chi connectivity index (χ1) is 14.6. The van der Waals surface area contributed by atoms with E-state index >= 15 is 0 Å². The number of aromatic amines is 1. The van der Waals surface area contributed by atoms with Crippen molar-refractivity contribution in [2.24, 2.45) is 13.0 Å². The van der Waals surface area contributed by atoms with Crippen molar-refractivity contribution in [3.8, 4) is 17.7 Å². The van der Waals surface area contributed by atoms with E-state index in [0.29, 0.717) is 55.3 Å². The molecular formula is C19H21N7O3S. The first-order valence-corrected chi connectivity index (χ1v) is 10.1. The minimum absolute atomic E-state index is 0.0285. The molecule has 0 bridgehead atoms. The van der Waals surface area contributed by atoms with Gasteiger partial charge in [-0.15, -0.1) is 0 Å². The van der Waals surface area contributed by atoms with Crippen LogP contribution in [0.4, 0.5) is 5.88 Å². The average Bonchev–Trinajstić information content (AvgIpc) is 3.50. The summed E-state index contributed by atoms with van der Waals surface area (Å²) in [4.78, 5) is 18.7. The minimum Gasteiger partial charge on any atom is -0.459 e. The number of nitrogens with one attached hydrogen (secondary N) is 2. The fraction of sp³-hybridized carbons (Fsp3) is 0.421. The second kappa shape index (κ2) is 8.54. The van der Waals surface area contributed by atoms with E-state index in [9.17, 15) is 10.1 Å². The second-order valence-electron chi connectivity index (χ2n) is 7.07. The first kappa shape index (κ1) is 19.9. The van der Waals surface area contributed by atoms with Gasteiger partial charge >= 0.3 is 0 Å². The SMILES string of the molecule is Cn1c(CCNC(=O)C2CCN(c3oc(-c4ccco4)nc3C#N)CC2)n[nH]c1=S. The average molecular weight is 427 g/mol. The lowest BCUT2D eigenvalue weighted by Crippen LogP contribution is -2.41. The van der Waals surface area contributed by atoms with Gasteiger partial charge in [-0.2, -0.15) is 15.3 Å². The number of piperidine rings is 1. The van der Waals surface area contributed by atoms with Gasteiger partial charge in [-0.1, -0.05) is 0 Å². The number of oxazole rings is 1. The number of hydrogen-bond donors (Lipinski definition) is 2. The predicted molar refractivity (Wildman–Crippen MR) is 109 cm³/mol. The molecule has 0 spiro atoms. The van der Waals surface area contributed by atoms with Crippen molar-refractivity contribution < 1.29 is 13.6 Å². The van der Waals surface area contributed by atoms with Crippen LogP contribution in [0.25, 0.3) is 11.7 Å². The summed E-state index contributed by atoms with van der Waals surface area (Å²) in [6.45, 7) is 1.71. The van der Waals surface area contributed by atoms with Crippen LogP contribution in [0.5, 0.6) is 0 Å². The Morgan fingerprint density at radius 2 is 2.27 bits per heavy atom. The van der Waals surface area contributed by atoms with Gasteiger partial charge in [0, 0.05) is 39.0 Å². The lowest BCUT2D eigenvalue weighted by atomic mass is 9.96. The highest BCUT2D eigenvalue weighted by Gasteiger charge is 2.29. The molecule has 1 fully saturated rings. The Labute approximate surface area is 177 Å². The summed E-state index contributed by atoms with van der Waals surface area (Å²) in [5, 5.41) is 19.3. The number of hydrogen-bond acceptors (Lipinski definition) is 8. The predicted octanol–water partition coefficient (Wildman–Crippen LogP) is 2.17. The third-order valence-corrected chi connectivity index (χ3v) is 5.59. The summed E-state index contributed by atoms with van der Waals surface area (Å²) in [6, 6.07) is 5.54. The molecule has 0 aromatic carbocycles. The van der Waals surface area contributed by atoms with Crippen LogP contribution in [0.15, 0.2) is 27.2 Å². The molecule has 1 amide bonds. The van der Waals surface area contributed by atoms with Gasteiger partial charge in [-0.3, -0.25) is 9.89 Å². The molecule has 11 heteroatoms. The molecule has 4 heterocycles. The molecule has 2 N–H and O–H groups in total. The van der Waals surface area contributed by atoms with E-state index < -0.39 is 0 Å². The van der Waals surface area contributed by atoms with Crippen LogP contribution in [0.3, 0.4) is 0 Å². The highest BCUT2D eigenvalue weighted by atomic mass is 32.1. The van der Waals surface area contributed by atoms with Crippen LogP contribution >= 0.6 is 12.2 Å². The van der Waals surface area contributed by atoms with Gasteiger partial charge in [0.2, 0.25) is 17.5 Å². The lowest BCUT2D eigenvalue weighted by molar-refractivity contribution is -0.125. The number of nitrogens with zero attached hydrogens (tertiary/aromatic N) is 5. The van der Waals surface area contributed by atoms with E-state index in [1.165, 1.54) is 6.26 Å². The zero-order chi connectivity index (χ0) is 21.1. The number of aromatic nitrogens is 4. The quantitative estimate of drug-likeness (QED) is 0.573. The zero-order valence-corrected chi connectivity index (χ0v) is 17.2. The van der Waals surface area contributed by atoms with Crippen molar-refractivity contribution in [3.05, 3.63) is 34.7 Å². The van der Waals surface area contributed by atoms with E-state index in [-0.39, 0.29) is 23.4 Å². The molecule has 0 saturated carbocycles. The van der Waals surface area contributed by atoms with Crippen molar-refractivity contribution >= 4 is 24.0 Å². The van der Waals surface area contributed by atoms with Crippen LogP contribution in [-0.4, -0.2) is 45.3 Å². The molecule has 156 valence electrons. The van der Waals surface area contributed by atoms with E-state index in [1.54, 1.807) is 16.7 Å². The summed E-state index contributed by atoms with van der Waals surface area (Å²) >= 11 is 5.09. The van der Waals surface area contributed by atoms with Crippen LogP contribution in [0.2, 0.25) is 0 Å². The third-order valence-electron chi connectivity index (χ3n) is 5.22. The van der Waals surface area contributed by atoms with Gasteiger partial charge in [0.25, 0.3) is 5.89 Å². The summed E-state index contributed by atoms with van der Waals surface area (Å²) in [5.41, 5.74) is 0.220. The van der Waals surface area contributed by atoms with Gasteiger partial charge in [0.15, 0.2) is 10.5 Å². The Bertz CT molecular complexity index is 1110. The van der Waals surface area contributed by atoms with Gasteiger partial charge in [-0.25, -0.2) is 0 Å². The van der Waals surface area contributed by atoms with Crippen molar-refractivity contribution in [2.75, 3.05) is 24.5 Å². The largest absolute Gasteiger partial charge is 0.459 e. The molecule has 3 aromatic rings. The maximum atomic E-state index is 12.5. The maximum absolute atomic E-state index is 12.5. The normalized spacial score (nSPS) is 14.6. The monoisotopic (exact) mass is 427 g/mol. The van der Waals surface area contributed by atoms with Gasteiger partial charge in [0.05, 0.1) is 6.26 Å². The fourth-order valence-electron chi connectivity index (χ4n) is 3.49.